The van der Waals surface area contributed by atoms with Gasteiger partial charge in [-0.3, -0.25) is 4.68 Å². The number of aryl methyl sites for hydroxylation is 1. The molecule has 0 aliphatic carbocycles. The monoisotopic (exact) mass is 287 g/mol. The molecule has 1 unspecified atom stereocenters. The molecule has 0 saturated heterocycles. The van der Waals surface area contributed by atoms with Crippen molar-refractivity contribution in [1.29, 1.82) is 0 Å². The van der Waals surface area contributed by atoms with Crippen LogP contribution in [0.4, 0.5) is 0 Å². The average molecular weight is 288 g/mol. The quantitative estimate of drug-likeness (QED) is 0.686. The largest absolute Gasteiger partial charge is 0.252 e. The van der Waals surface area contributed by atoms with E-state index in [1.165, 1.54) is 25.7 Å². The molecule has 1 aromatic rings. The minimum atomic E-state index is 0.749. The highest BCUT2D eigenvalue weighted by Crippen LogP contribution is 2.14. The third kappa shape index (κ3) is 4.64. The summed E-state index contributed by atoms with van der Waals surface area (Å²) >= 11 is 3.42. The van der Waals surface area contributed by atoms with Gasteiger partial charge >= 0.3 is 0 Å². The van der Waals surface area contributed by atoms with Crippen molar-refractivity contribution in [2.45, 2.75) is 52.5 Å². The molecule has 0 amide bonds. The molecule has 0 fully saturated rings. The number of aromatic nitrogens is 3. The topological polar surface area (TPSA) is 30.7 Å². The fourth-order valence-electron chi connectivity index (χ4n) is 1.82. The third-order valence-corrected chi connectivity index (χ3v) is 3.32. The van der Waals surface area contributed by atoms with E-state index in [0.29, 0.717) is 0 Å². The Morgan fingerprint density at radius 3 is 2.88 bits per heavy atom. The summed E-state index contributed by atoms with van der Waals surface area (Å²) in [6.07, 6.45) is 8.18. The van der Waals surface area contributed by atoms with Crippen LogP contribution in [0.1, 0.15) is 45.2 Å². The van der Waals surface area contributed by atoms with Gasteiger partial charge < -0.3 is 0 Å². The van der Waals surface area contributed by atoms with Gasteiger partial charge in [-0.2, -0.15) is 0 Å². The maximum Gasteiger partial charge on any atom is 0.0835 e. The van der Waals surface area contributed by atoms with E-state index >= 15 is 0 Å². The fourth-order valence-corrected chi connectivity index (χ4v) is 2.23. The van der Waals surface area contributed by atoms with E-state index in [0.717, 1.165) is 29.9 Å². The molecule has 0 aliphatic rings. The molecule has 16 heavy (non-hydrogen) atoms. The lowest BCUT2D eigenvalue weighted by atomic mass is 9.99. The van der Waals surface area contributed by atoms with Gasteiger partial charge in [0.1, 0.15) is 0 Å². The second kappa shape index (κ2) is 7.82. The van der Waals surface area contributed by atoms with Gasteiger partial charge in [0.2, 0.25) is 0 Å². The van der Waals surface area contributed by atoms with Crippen LogP contribution in [0.15, 0.2) is 6.20 Å². The summed E-state index contributed by atoms with van der Waals surface area (Å²) in [4.78, 5) is 0. The van der Waals surface area contributed by atoms with Gasteiger partial charge in [-0.1, -0.05) is 54.3 Å². The van der Waals surface area contributed by atoms with Crippen LogP contribution in [0.3, 0.4) is 0 Å². The van der Waals surface area contributed by atoms with Gasteiger partial charge in [0.05, 0.1) is 5.69 Å². The number of halogens is 1. The summed E-state index contributed by atoms with van der Waals surface area (Å²) in [5, 5.41) is 9.29. The minimum absolute atomic E-state index is 0.749. The standard InChI is InChI=1S/C12H22BrN3/c1-3-5-6-11(4-2)9-16-10-12(7-8-13)14-15-16/h10-11H,3-9H2,1-2H3. The number of hydrogen-bond acceptors (Lipinski definition) is 2. The second-order valence-electron chi connectivity index (χ2n) is 4.29. The molecule has 0 aromatic carbocycles. The maximum atomic E-state index is 4.18. The summed E-state index contributed by atoms with van der Waals surface area (Å²) < 4.78 is 2.00. The van der Waals surface area contributed by atoms with Crippen molar-refractivity contribution < 1.29 is 0 Å². The van der Waals surface area contributed by atoms with Crippen LogP contribution in [-0.4, -0.2) is 20.3 Å². The first-order valence-corrected chi connectivity index (χ1v) is 7.37. The van der Waals surface area contributed by atoms with Crippen molar-refractivity contribution in [3.8, 4) is 0 Å². The van der Waals surface area contributed by atoms with Crippen LogP contribution in [0.2, 0.25) is 0 Å². The molecule has 0 aliphatic heterocycles. The van der Waals surface area contributed by atoms with Crippen molar-refractivity contribution >= 4 is 15.9 Å². The molecule has 4 heteroatoms. The molecular weight excluding hydrogens is 266 g/mol. The van der Waals surface area contributed by atoms with E-state index in [1.54, 1.807) is 0 Å². The molecule has 0 radical (unpaired) electrons. The Kier molecular flexibility index (Phi) is 6.69. The first kappa shape index (κ1) is 13.7. The number of hydrogen-bond donors (Lipinski definition) is 0. The minimum Gasteiger partial charge on any atom is -0.252 e. The van der Waals surface area contributed by atoms with Crippen molar-refractivity contribution in [1.82, 2.24) is 15.0 Å². The Bertz CT molecular complexity index is 286. The molecule has 0 N–H and O–H groups in total. The normalized spacial score (nSPS) is 12.9. The zero-order chi connectivity index (χ0) is 11.8. The highest BCUT2D eigenvalue weighted by molar-refractivity contribution is 9.09. The lowest BCUT2D eigenvalue weighted by molar-refractivity contribution is 0.368. The summed E-state index contributed by atoms with van der Waals surface area (Å²) in [5.41, 5.74) is 1.09. The predicted molar refractivity (Wildman–Crippen MR) is 70.8 cm³/mol. The molecule has 1 aromatic heterocycles. The first-order valence-electron chi connectivity index (χ1n) is 6.25. The van der Waals surface area contributed by atoms with Crippen molar-refractivity contribution in [2.75, 3.05) is 5.33 Å². The second-order valence-corrected chi connectivity index (χ2v) is 5.08. The Morgan fingerprint density at radius 2 is 2.25 bits per heavy atom. The van der Waals surface area contributed by atoms with Crippen LogP contribution >= 0.6 is 15.9 Å². The van der Waals surface area contributed by atoms with Gasteiger partial charge in [0, 0.05) is 24.5 Å². The van der Waals surface area contributed by atoms with Crippen LogP contribution < -0.4 is 0 Å². The summed E-state index contributed by atoms with van der Waals surface area (Å²) in [5.74, 6) is 0.749. The van der Waals surface area contributed by atoms with E-state index in [1.807, 2.05) is 4.68 Å². The van der Waals surface area contributed by atoms with Gasteiger partial charge in [-0.25, -0.2) is 0 Å². The van der Waals surface area contributed by atoms with E-state index in [-0.39, 0.29) is 0 Å². The fraction of sp³-hybridized carbons (Fsp3) is 0.833. The highest BCUT2D eigenvalue weighted by atomic mass is 79.9. The Labute approximate surface area is 107 Å². The first-order chi connectivity index (χ1) is 7.80. The number of unbranched alkanes of at least 4 members (excludes halogenated alkanes) is 1. The predicted octanol–water partition coefficient (Wildman–Crippen LogP) is 3.43. The third-order valence-electron chi connectivity index (χ3n) is 2.93. The maximum absolute atomic E-state index is 4.18. The van der Waals surface area contributed by atoms with Gasteiger partial charge in [-0.05, 0) is 12.3 Å². The zero-order valence-corrected chi connectivity index (χ0v) is 11.9. The van der Waals surface area contributed by atoms with Crippen molar-refractivity contribution in [3.05, 3.63) is 11.9 Å². The summed E-state index contributed by atoms with van der Waals surface area (Å²) in [6, 6.07) is 0. The van der Waals surface area contributed by atoms with Crippen molar-refractivity contribution in [2.24, 2.45) is 5.92 Å². The van der Waals surface area contributed by atoms with Crippen LogP contribution in [-0.2, 0) is 13.0 Å². The van der Waals surface area contributed by atoms with Gasteiger partial charge in [-0.15, -0.1) is 5.10 Å². The van der Waals surface area contributed by atoms with E-state index in [2.05, 4.69) is 46.3 Å². The van der Waals surface area contributed by atoms with E-state index in [4.69, 9.17) is 0 Å². The number of alkyl halides is 1. The SMILES string of the molecule is CCCCC(CC)Cn1cc(CCBr)nn1. The zero-order valence-electron chi connectivity index (χ0n) is 10.3. The molecule has 1 heterocycles. The van der Waals surface area contributed by atoms with Crippen LogP contribution in [0, 0.1) is 5.92 Å². The molecule has 1 atom stereocenters. The number of nitrogens with zero attached hydrogens (tertiary/aromatic N) is 3. The Balaban J connectivity index is 2.43. The van der Waals surface area contributed by atoms with Gasteiger partial charge in [0.15, 0.2) is 0 Å². The van der Waals surface area contributed by atoms with Crippen LogP contribution in [0.5, 0.6) is 0 Å². The molecule has 3 nitrogen and oxygen atoms in total. The lowest BCUT2D eigenvalue weighted by Gasteiger charge is -2.13. The molecule has 0 bridgehead atoms. The number of rotatable bonds is 8. The van der Waals surface area contributed by atoms with Crippen molar-refractivity contribution in [3.63, 3.8) is 0 Å². The highest BCUT2D eigenvalue weighted by Gasteiger charge is 2.08. The molecule has 0 saturated carbocycles. The molecular formula is C12H22BrN3. The van der Waals surface area contributed by atoms with Gasteiger partial charge in [0.25, 0.3) is 0 Å². The molecule has 0 spiro atoms. The molecule has 1 rings (SSSR count). The summed E-state index contributed by atoms with van der Waals surface area (Å²) in [7, 11) is 0. The average Bonchev–Trinajstić information content (AvgIpc) is 2.72. The Morgan fingerprint density at radius 1 is 1.44 bits per heavy atom. The van der Waals surface area contributed by atoms with Crippen LogP contribution in [0.25, 0.3) is 0 Å². The smallest absolute Gasteiger partial charge is 0.0835 e. The lowest BCUT2D eigenvalue weighted by Crippen LogP contribution is -2.10. The van der Waals surface area contributed by atoms with E-state index < -0.39 is 0 Å². The van der Waals surface area contributed by atoms with E-state index in [9.17, 15) is 0 Å². The summed E-state index contributed by atoms with van der Waals surface area (Å²) in [6.45, 7) is 5.53. The molecule has 92 valence electrons. The Hall–Kier alpha value is -0.380.